The van der Waals surface area contributed by atoms with Gasteiger partial charge in [0.05, 0.1) is 5.70 Å². The fourth-order valence-electron chi connectivity index (χ4n) is 1.28. The largest absolute Gasteiger partial charge is 0.380 e. The van der Waals surface area contributed by atoms with Crippen LogP contribution in [0.4, 0.5) is 0 Å². The topological polar surface area (TPSA) is 91.0 Å². The number of carbonyl (C=O) groups is 1. The monoisotopic (exact) mass is 240 g/mol. The van der Waals surface area contributed by atoms with Gasteiger partial charge in [0.1, 0.15) is 0 Å². The number of hydrogen-bond donors (Lipinski definition) is 4. The molecule has 0 saturated heterocycles. The van der Waals surface area contributed by atoms with E-state index >= 15 is 0 Å². The van der Waals surface area contributed by atoms with E-state index in [1.807, 2.05) is 33.8 Å². The Hall–Kier alpha value is -1.52. The Labute approximate surface area is 103 Å². The van der Waals surface area contributed by atoms with Crippen LogP contribution in [0, 0.1) is 11.3 Å². The Kier molecular flexibility index (Phi) is 7.02. The number of nitrogens with one attached hydrogen (secondary N) is 3. The molecule has 0 radical (unpaired) electrons. The highest BCUT2D eigenvalue weighted by molar-refractivity contribution is 5.96. The standard InChI is InChI=1S/C12H24N4O/c1-8(2)11(17)10(16-9(3)4)6-5-7-15-12(13)14/h6,8-9,16H,5,7H2,1-4H3,(H4,13,14,15)/b10-6-. The van der Waals surface area contributed by atoms with Gasteiger partial charge < -0.3 is 16.4 Å². The molecule has 0 heterocycles. The SMILES string of the molecule is CC(C)N/C(=C\CCNC(=N)N)C(=O)C(C)C. The van der Waals surface area contributed by atoms with Gasteiger partial charge in [-0.1, -0.05) is 19.9 Å². The van der Waals surface area contributed by atoms with Crippen molar-refractivity contribution >= 4 is 11.7 Å². The van der Waals surface area contributed by atoms with Crippen molar-refractivity contribution in [2.45, 2.75) is 40.2 Å². The van der Waals surface area contributed by atoms with Crippen molar-refractivity contribution in [3.05, 3.63) is 11.8 Å². The highest BCUT2D eigenvalue weighted by atomic mass is 16.1. The number of nitrogens with two attached hydrogens (primary N) is 1. The molecule has 0 aliphatic carbocycles. The minimum absolute atomic E-state index is 0.0201. The first-order valence-corrected chi connectivity index (χ1v) is 5.93. The lowest BCUT2D eigenvalue weighted by molar-refractivity contribution is -0.118. The fourth-order valence-corrected chi connectivity index (χ4v) is 1.28. The average Bonchev–Trinajstić information content (AvgIpc) is 2.20. The van der Waals surface area contributed by atoms with Gasteiger partial charge >= 0.3 is 0 Å². The molecule has 5 N–H and O–H groups in total. The number of ketones is 1. The van der Waals surface area contributed by atoms with Crippen molar-refractivity contribution in [2.75, 3.05) is 6.54 Å². The van der Waals surface area contributed by atoms with E-state index in [0.29, 0.717) is 18.7 Å². The molecule has 5 heteroatoms. The van der Waals surface area contributed by atoms with Crippen LogP contribution in [0.25, 0.3) is 0 Å². The van der Waals surface area contributed by atoms with E-state index < -0.39 is 0 Å². The summed E-state index contributed by atoms with van der Waals surface area (Å²) >= 11 is 0. The second kappa shape index (κ2) is 7.70. The number of hydrogen-bond acceptors (Lipinski definition) is 3. The predicted molar refractivity (Wildman–Crippen MR) is 70.7 cm³/mol. The van der Waals surface area contributed by atoms with E-state index in [1.54, 1.807) is 0 Å². The van der Waals surface area contributed by atoms with Crippen molar-refractivity contribution in [3.63, 3.8) is 0 Å². The molecular weight excluding hydrogens is 216 g/mol. The molecule has 0 aromatic heterocycles. The maximum atomic E-state index is 11.9. The Morgan fingerprint density at radius 3 is 2.35 bits per heavy atom. The van der Waals surface area contributed by atoms with Gasteiger partial charge in [0.15, 0.2) is 11.7 Å². The highest BCUT2D eigenvalue weighted by Crippen LogP contribution is 2.05. The molecule has 0 aliphatic rings. The maximum Gasteiger partial charge on any atom is 0.185 e. The Balaban J connectivity index is 4.41. The van der Waals surface area contributed by atoms with Crippen LogP contribution in [0.3, 0.4) is 0 Å². The van der Waals surface area contributed by atoms with Crippen molar-refractivity contribution in [1.29, 1.82) is 5.41 Å². The minimum Gasteiger partial charge on any atom is -0.380 e. The van der Waals surface area contributed by atoms with Crippen LogP contribution in [-0.2, 0) is 4.79 Å². The van der Waals surface area contributed by atoms with Crippen LogP contribution in [0.1, 0.15) is 34.1 Å². The molecule has 0 aromatic carbocycles. The molecule has 0 fully saturated rings. The first-order valence-electron chi connectivity index (χ1n) is 5.93. The number of carbonyl (C=O) groups excluding carboxylic acids is 1. The van der Waals surface area contributed by atoms with Crippen LogP contribution in [0.2, 0.25) is 0 Å². The Morgan fingerprint density at radius 1 is 1.35 bits per heavy atom. The van der Waals surface area contributed by atoms with E-state index in [0.717, 1.165) is 0 Å². The predicted octanol–water partition coefficient (Wildman–Crippen LogP) is 0.967. The minimum atomic E-state index is -0.0491. The molecule has 98 valence electrons. The summed E-state index contributed by atoms with van der Waals surface area (Å²) in [6.07, 6.45) is 2.52. The lowest BCUT2D eigenvalue weighted by Crippen LogP contribution is -2.32. The zero-order valence-electron chi connectivity index (χ0n) is 11.1. The van der Waals surface area contributed by atoms with Crippen molar-refractivity contribution < 1.29 is 4.79 Å². The lowest BCUT2D eigenvalue weighted by Gasteiger charge is -2.15. The second-order valence-corrected chi connectivity index (χ2v) is 4.56. The lowest BCUT2D eigenvalue weighted by atomic mass is 10.0. The first kappa shape index (κ1) is 15.5. The summed E-state index contributed by atoms with van der Waals surface area (Å²) in [6, 6.07) is 0.227. The summed E-state index contributed by atoms with van der Waals surface area (Å²) in [4.78, 5) is 11.9. The molecule has 0 amide bonds. The van der Waals surface area contributed by atoms with Gasteiger partial charge in [-0.25, -0.2) is 0 Å². The van der Waals surface area contributed by atoms with E-state index in [1.165, 1.54) is 0 Å². The van der Waals surface area contributed by atoms with Crippen LogP contribution in [0.5, 0.6) is 0 Å². The third kappa shape index (κ3) is 7.38. The highest BCUT2D eigenvalue weighted by Gasteiger charge is 2.13. The maximum absolute atomic E-state index is 11.9. The van der Waals surface area contributed by atoms with Gasteiger partial charge in [-0.15, -0.1) is 0 Å². The molecule has 0 atom stereocenters. The third-order valence-electron chi connectivity index (χ3n) is 2.04. The Morgan fingerprint density at radius 2 is 1.94 bits per heavy atom. The van der Waals surface area contributed by atoms with Crippen molar-refractivity contribution in [2.24, 2.45) is 11.7 Å². The van der Waals surface area contributed by atoms with E-state index in [2.05, 4.69) is 10.6 Å². The molecule has 0 aromatic rings. The number of rotatable bonds is 7. The molecule has 0 aliphatic heterocycles. The molecule has 0 rings (SSSR count). The summed E-state index contributed by atoms with van der Waals surface area (Å²) in [6.45, 7) is 8.31. The van der Waals surface area contributed by atoms with Crippen LogP contribution in [0.15, 0.2) is 11.8 Å². The molecule has 0 bridgehead atoms. The van der Waals surface area contributed by atoms with E-state index in [4.69, 9.17) is 11.1 Å². The summed E-state index contributed by atoms with van der Waals surface area (Å²) in [5, 5.41) is 12.9. The fraction of sp³-hybridized carbons (Fsp3) is 0.667. The third-order valence-corrected chi connectivity index (χ3v) is 2.04. The van der Waals surface area contributed by atoms with Gasteiger partial charge in [0.25, 0.3) is 0 Å². The second-order valence-electron chi connectivity index (χ2n) is 4.56. The normalized spacial score (nSPS) is 11.8. The molecule has 0 unspecified atom stereocenters. The molecule has 0 saturated carbocycles. The van der Waals surface area contributed by atoms with Gasteiger partial charge in [-0.3, -0.25) is 10.2 Å². The van der Waals surface area contributed by atoms with Crippen LogP contribution < -0.4 is 16.4 Å². The molecular formula is C12H24N4O. The van der Waals surface area contributed by atoms with Crippen LogP contribution in [-0.4, -0.2) is 24.3 Å². The van der Waals surface area contributed by atoms with Crippen molar-refractivity contribution in [1.82, 2.24) is 10.6 Å². The summed E-state index contributed by atoms with van der Waals surface area (Å²) in [7, 11) is 0. The van der Waals surface area contributed by atoms with Crippen molar-refractivity contribution in [3.8, 4) is 0 Å². The van der Waals surface area contributed by atoms with Gasteiger partial charge in [-0.2, -0.15) is 0 Å². The number of allylic oxidation sites excluding steroid dienone is 1. The number of Topliss-reactive ketones (excluding diaryl/α,β-unsaturated/α-hetero) is 1. The summed E-state index contributed by atoms with van der Waals surface area (Å²) in [5.41, 5.74) is 5.82. The Bertz CT molecular complexity index is 295. The van der Waals surface area contributed by atoms with Crippen LogP contribution >= 0.6 is 0 Å². The first-order chi connectivity index (χ1) is 7.84. The smallest absolute Gasteiger partial charge is 0.185 e. The van der Waals surface area contributed by atoms with E-state index in [9.17, 15) is 4.79 Å². The number of guanidine groups is 1. The van der Waals surface area contributed by atoms with Gasteiger partial charge in [-0.05, 0) is 20.3 Å². The molecule has 0 spiro atoms. The molecule has 5 nitrogen and oxygen atoms in total. The quantitative estimate of drug-likeness (QED) is 0.231. The molecule has 17 heavy (non-hydrogen) atoms. The van der Waals surface area contributed by atoms with Gasteiger partial charge in [0, 0.05) is 18.5 Å². The zero-order chi connectivity index (χ0) is 13.4. The van der Waals surface area contributed by atoms with Gasteiger partial charge in [0.2, 0.25) is 0 Å². The summed E-state index contributed by atoms with van der Waals surface area (Å²) < 4.78 is 0. The summed E-state index contributed by atoms with van der Waals surface area (Å²) in [5.74, 6) is 0.0433. The average molecular weight is 240 g/mol. The van der Waals surface area contributed by atoms with E-state index in [-0.39, 0.29) is 23.7 Å². The zero-order valence-corrected chi connectivity index (χ0v) is 11.1.